The number of halogens is 2. The normalized spacial score (nSPS) is 10.5. The van der Waals surface area contributed by atoms with Gasteiger partial charge in [-0.3, -0.25) is 9.59 Å². The van der Waals surface area contributed by atoms with Crippen LogP contribution in [0.25, 0.3) is 5.69 Å². The Morgan fingerprint density at radius 3 is 2.32 bits per heavy atom. The first kappa shape index (κ1) is 13.2. The zero-order valence-corrected chi connectivity index (χ0v) is 10.5. The fourth-order valence-electron chi connectivity index (χ4n) is 1.62. The molecule has 0 fully saturated rings. The van der Waals surface area contributed by atoms with Crippen LogP contribution in [0.4, 0.5) is 4.39 Å². The number of aryl methyl sites for hydroxylation is 1. The van der Waals surface area contributed by atoms with Crippen LogP contribution in [-0.4, -0.2) is 14.4 Å². The topological polar surface area (TPSA) is 61.1 Å². The standard InChI is InChI=1S/C12H8ClFN2O3/c1-15-6-9(10(13)17)11(18)16(12(15)19)8-4-2-7(14)3-5-8/h2-6H,1H3. The highest BCUT2D eigenvalue weighted by molar-refractivity contribution is 6.67. The summed E-state index contributed by atoms with van der Waals surface area (Å²) in [4.78, 5) is 35.1. The number of aromatic nitrogens is 2. The predicted octanol–water partition coefficient (Wildman–Crippen LogP) is 1.05. The SMILES string of the molecule is Cn1cc(C(=O)Cl)c(=O)n(-c2ccc(F)cc2)c1=O. The summed E-state index contributed by atoms with van der Waals surface area (Å²) < 4.78 is 14.7. The monoisotopic (exact) mass is 282 g/mol. The van der Waals surface area contributed by atoms with Gasteiger partial charge in [0.2, 0.25) is 0 Å². The Hall–Kier alpha value is -2.21. The van der Waals surface area contributed by atoms with Crippen LogP contribution in [0.5, 0.6) is 0 Å². The van der Waals surface area contributed by atoms with E-state index in [1.807, 2.05) is 0 Å². The number of hydrogen-bond acceptors (Lipinski definition) is 3. The van der Waals surface area contributed by atoms with E-state index in [1.54, 1.807) is 0 Å². The van der Waals surface area contributed by atoms with Crippen LogP contribution < -0.4 is 11.2 Å². The van der Waals surface area contributed by atoms with Crippen molar-refractivity contribution in [1.29, 1.82) is 0 Å². The molecule has 1 aromatic carbocycles. The van der Waals surface area contributed by atoms with E-state index >= 15 is 0 Å². The Morgan fingerprint density at radius 2 is 1.79 bits per heavy atom. The minimum Gasteiger partial charge on any atom is -0.302 e. The van der Waals surface area contributed by atoms with E-state index in [-0.39, 0.29) is 11.3 Å². The van der Waals surface area contributed by atoms with Crippen molar-refractivity contribution in [2.24, 2.45) is 7.05 Å². The van der Waals surface area contributed by atoms with Gasteiger partial charge < -0.3 is 4.57 Å². The van der Waals surface area contributed by atoms with E-state index in [0.717, 1.165) is 27.5 Å². The summed E-state index contributed by atoms with van der Waals surface area (Å²) in [5.74, 6) is -0.502. The lowest BCUT2D eigenvalue weighted by Crippen LogP contribution is -2.39. The Bertz CT molecular complexity index is 762. The second-order valence-electron chi connectivity index (χ2n) is 3.83. The van der Waals surface area contributed by atoms with Crippen molar-refractivity contribution < 1.29 is 9.18 Å². The average molecular weight is 283 g/mol. The van der Waals surface area contributed by atoms with Gasteiger partial charge in [-0.05, 0) is 35.9 Å². The van der Waals surface area contributed by atoms with E-state index in [2.05, 4.69) is 0 Å². The first-order chi connectivity index (χ1) is 8.91. The molecule has 19 heavy (non-hydrogen) atoms. The van der Waals surface area contributed by atoms with Gasteiger partial charge in [-0.2, -0.15) is 0 Å². The van der Waals surface area contributed by atoms with Crippen LogP contribution in [0, 0.1) is 5.82 Å². The van der Waals surface area contributed by atoms with Crippen molar-refractivity contribution in [3.63, 3.8) is 0 Å². The maximum absolute atomic E-state index is 12.8. The minimum atomic E-state index is -0.962. The molecule has 98 valence electrons. The Labute approximate surface area is 111 Å². The molecular formula is C12H8ClFN2O3. The van der Waals surface area contributed by atoms with E-state index < -0.39 is 22.3 Å². The largest absolute Gasteiger partial charge is 0.335 e. The molecule has 0 radical (unpaired) electrons. The Kier molecular flexibility index (Phi) is 3.35. The zero-order valence-electron chi connectivity index (χ0n) is 9.76. The van der Waals surface area contributed by atoms with Crippen molar-refractivity contribution in [3.05, 3.63) is 62.7 Å². The first-order valence-electron chi connectivity index (χ1n) is 5.20. The summed E-state index contributed by atoms with van der Waals surface area (Å²) in [6.07, 6.45) is 1.07. The van der Waals surface area contributed by atoms with E-state index in [1.165, 1.54) is 19.2 Å². The highest BCUT2D eigenvalue weighted by Gasteiger charge is 2.15. The van der Waals surface area contributed by atoms with Crippen LogP contribution in [0.1, 0.15) is 10.4 Å². The summed E-state index contributed by atoms with van der Waals surface area (Å²) in [6.45, 7) is 0. The van der Waals surface area contributed by atoms with E-state index in [0.29, 0.717) is 0 Å². The zero-order chi connectivity index (χ0) is 14.2. The number of carbonyl (C=O) groups is 1. The average Bonchev–Trinajstić information content (AvgIpc) is 2.36. The molecule has 0 atom stereocenters. The molecule has 0 unspecified atom stereocenters. The van der Waals surface area contributed by atoms with Gasteiger partial charge in [0.05, 0.1) is 5.69 Å². The number of hydrogen-bond donors (Lipinski definition) is 0. The molecule has 0 bridgehead atoms. The summed E-state index contributed by atoms with van der Waals surface area (Å²) in [5, 5.41) is -0.962. The molecule has 2 aromatic rings. The maximum atomic E-state index is 12.8. The fraction of sp³-hybridized carbons (Fsp3) is 0.0833. The third kappa shape index (κ3) is 2.34. The number of rotatable bonds is 2. The highest BCUT2D eigenvalue weighted by atomic mass is 35.5. The molecule has 2 rings (SSSR count). The molecule has 0 aliphatic heterocycles. The van der Waals surface area contributed by atoms with E-state index in [4.69, 9.17) is 11.6 Å². The van der Waals surface area contributed by atoms with E-state index in [9.17, 15) is 18.8 Å². The van der Waals surface area contributed by atoms with Crippen molar-refractivity contribution in [1.82, 2.24) is 9.13 Å². The van der Waals surface area contributed by atoms with Crippen molar-refractivity contribution in [2.75, 3.05) is 0 Å². The Balaban J connectivity index is 2.83. The molecular weight excluding hydrogens is 275 g/mol. The minimum absolute atomic E-state index is 0.159. The van der Waals surface area contributed by atoms with Gasteiger partial charge in [-0.25, -0.2) is 13.8 Å². The highest BCUT2D eigenvalue weighted by Crippen LogP contribution is 2.05. The Morgan fingerprint density at radius 1 is 1.21 bits per heavy atom. The quantitative estimate of drug-likeness (QED) is 0.774. The third-order valence-electron chi connectivity index (χ3n) is 2.55. The molecule has 0 saturated carbocycles. The lowest BCUT2D eigenvalue weighted by atomic mass is 10.3. The maximum Gasteiger partial charge on any atom is 0.335 e. The number of carbonyl (C=O) groups excluding carboxylic acids is 1. The lowest BCUT2D eigenvalue weighted by molar-refractivity contribution is 0.107. The molecule has 0 spiro atoms. The van der Waals surface area contributed by atoms with Crippen LogP contribution in [0.3, 0.4) is 0 Å². The van der Waals surface area contributed by atoms with Crippen molar-refractivity contribution >= 4 is 16.8 Å². The van der Waals surface area contributed by atoms with Gasteiger partial charge in [-0.15, -0.1) is 0 Å². The molecule has 0 saturated heterocycles. The van der Waals surface area contributed by atoms with Crippen LogP contribution in [0.15, 0.2) is 40.1 Å². The van der Waals surface area contributed by atoms with Gasteiger partial charge in [0, 0.05) is 13.2 Å². The van der Waals surface area contributed by atoms with Crippen LogP contribution in [-0.2, 0) is 7.05 Å². The van der Waals surface area contributed by atoms with Gasteiger partial charge >= 0.3 is 5.69 Å². The number of benzene rings is 1. The fourth-order valence-corrected chi connectivity index (χ4v) is 1.75. The molecule has 0 aliphatic rings. The smallest absolute Gasteiger partial charge is 0.302 e. The van der Waals surface area contributed by atoms with Crippen molar-refractivity contribution in [2.45, 2.75) is 0 Å². The van der Waals surface area contributed by atoms with Gasteiger partial charge in [0.1, 0.15) is 11.4 Å². The predicted molar refractivity (Wildman–Crippen MR) is 67.4 cm³/mol. The second-order valence-corrected chi connectivity index (χ2v) is 4.17. The molecule has 1 heterocycles. The van der Waals surface area contributed by atoms with Gasteiger partial charge in [-0.1, -0.05) is 0 Å². The first-order valence-corrected chi connectivity index (χ1v) is 5.58. The summed E-state index contributed by atoms with van der Waals surface area (Å²) in [7, 11) is 1.38. The second kappa shape index (κ2) is 4.81. The molecule has 1 aromatic heterocycles. The van der Waals surface area contributed by atoms with Crippen LogP contribution in [0.2, 0.25) is 0 Å². The summed E-state index contributed by atoms with van der Waals surface area (Å²) in [5.41, 5.74) is -1.66. The lowest BCUT2D eigenvalue weighted by Gasteiger charge is -2.08. The molecule has 5 nitrogen and oxygen atoms in total. The molecule has 7 heteroatoms. The molecule has 0 amide bonds. The molecule has 0 aliphatic carbocycles. The van der Waals surface area contributed by atoms with Gasteiger partial charge in [0.25, 0.3) is 10.8 Å². The van der Waals surface area contributed by atoms with Gasteiger partial charge in [0.15, 0.2) is 0 Å². The summed E-state index contributed by atoms with van der Waals surface area (Å²) >= 11 is 5.29. The molecule has 0 N–H and O–H groups in total. The number of nitrogens with zero attached hydrogens (tertiary/aromatic N) is 2. The summed E-state index contributed by atoms with van der Waals surface area (Å²) in [6, 6.07) is 4.74. The van der Waals surface area contributed by atoms with Crippen molar-refractivity contribution in [3.8, 4) is 5.69 Å². The van der Waals surface area contributed by atoms with Crippen LogP contribution >= 0.6 is 11.6 Å². The third-order valence-corrected chi connectivity index (χ3v) is 2.75.